The smallest absolute Gasteiger partial charge is 0.328 e. The van der Waals surface area contributed by atoms with Crippen molar-refractivity contribution in [2.45, 2.75) is 95.0 Å². The fraction of sp³-hybridized carbons (Fsp3) is 0.571. The third kappa shape index (κ3) is 9.08. The van der Waals surface area contributed by atoms with Gasteiger partial charge in [-0.2, -0.15) is 0 Å². The highest BCUT2D eigenvalue weighted by Crippen LogP contribution is 2.30. The van der Waals surface area contributed by atoms with E-state index in [1.807, 2.05) is 0 Å². The van der Waals surface area contributed by atoms with Crippen molar-refractivity contribution in [3.05, 3.63) is 47.5 Å². The van der Waals surface area contributed by atoms with Crippen molar-refractivity contribution < 1.29 is 47.1 Å². The van der Waals surface area contributed by atoms with E-state index in [4.69, 9.17) is 4.74 Å². The summed E-state index contributed by atoms with van der Waals surface area (Å²) in [6.45, 7) is 2.65. The zero-order chi connectivity index (χ0) is 37.0. The van der Waals surface area contributed by atoms with Gasteiger partial charge in [0, 0.05) is 32.6 Å². The number of likely N-dealkylation sites (N-methyl/N-ethyl adjacent to an activating group) is 1. The number of cyclic esters (lactones) is 1. The molecule has 4 fully saturated rings. The molecule has 0 spiro atoms. The van der Waals surface area contributed by atoms with Crippen molar-refractivity contribution in [1.29, 1.82) is 0 Å². The average molecular weight is 715 g/mol. The second-order valence-corrected chi connectivity index (χ2v) is 13.7. The summed E-state index contributed by atoms with van der Waals surface area (Å²) in [5, 5.41) is 7.72. The predicted molar refractivity (Wildman–Crippen MR) is 176 cm³/mol. The molecule has 14 nitrogen and oxygen atoms in total. The van der Waals surface area contributed by atoms with Crippen LogP contribution >= 0.6 is 0 Å². The molecule has 1 saturated carbocycles. The summed E-state index contributed by atoms with van der Waals surface area (Å²) < 4.78 is 33.7. The summed E-state index contributed by atoms with van der Waals surface area (Å²) in [5.41, 5.74) is 0.0569. The van der Waals surface area contributed by atoms with Gasteiger partial charge in [-0.3, -0.25) is 28.8 Å². The quantitative estimate of drug-likeness (QED) is 0.268. The SMILES string of the molecule is C[C@@H]1NC(=O)[C@H](C)N(C)C(=O)[C@@H]2CCCN2C(=O)[C@@H](NC(=O)[C@H](Cc2cc(F)cc(F)c2)NC(=O)/C=C/C2CC2)COC(=O)[C@@H]2CCCN2C1=O. The van der Waals surface area contributed by atoms with Crippen LogP contribution in [0.1, 0.15) is 57.9 Å². The number of carbonyl (C=O) groups is 7. The Morgan fingerprint density at radius 1 is 0.922 bits per heavy atom. The molecule has 1 aromatic carbocycles. The first-order valence-electron chi connectivity index (χ1n) is 17.3. The number of benzene rings is 1. The van der Waals surface area contributed by atoms with Crippen molar-refractivity contribution in [3.63, 3.8) is 0 Å². The van der Waals surface area contributed by atoms with Gasteiger partial charge in [-0.15, -0.1) is 0 Å². The molecule has 0 radical (unpaired) electrons. The first-order valence-corrected chi connectivity index (χ1v) is 17.3. The molecule has 5 rings (SSSR count). The molecule has 3 heterocycles. The summed E-state index contributed by atoms with van der Waals surface area (Å²) >= 11 is 0. The lowest BCUT2D eigenvalue weighted by Gasteiger charge is -2.34. The van der Waals surface area contributed by atoms with Crippen LogP contribution in [-0.2, 0) is 44.7 Å². The van der Waals surface area contributed by atoms with E-state index in [9.17, 15) is 42.3 Å². The van der Waals surface area contributed by atoms with E-state index < -0.39 is 95.9 Å². The number of nitrogens with zero attached hydrogens (tertiary/aromatic N) is 3. The Bertz CT molecular complexity index is 1580. The summed E-state index contributed by atoms with van der Waals surface area (Å²) in [6, 6.07) is -4.32. The Kier molecular flexibility index (Phi) is 11.7. The van der Waals surface area contributed by atoms with Gasteiger partial charge < -0.3 is 35.4 Å². The van der Waals surface area contributed by atoms with Crippen LogP contribution in [-0.4, -0.2) is 119 Å². The van der Waals surface area contributed by atoms with Crippen molar-refractivity contribution in [3.8, 4) is 0 Å². The van der Waals surface area contributed by atoms with Crippen molar-refractivity contribution in [1.82, 2.24) is 30.7 Å². The number of halogens is 2. The number of allylic oxidation sites excluding steroid dienone is 1. The Balaban J connectivity index is 1.44. The van der Waals surface area contributed by atoms with E-state index in [1.54, 1.807) is 6.08 Å². The van der Waals surface area contributed by atoms with Gasteiger partial charge in [-0.05, 0) is 82.1 Å². The number of amides is 6. The molecule has 0 aromatic heterocycles. The van der Waals surface area contributed by atoms with Crippen molar-refractivity contribution in [2.75, 3.05) is 26.7 Å². The van der Waals surface area contributed by atoms with Gasteiger partial charge >= 0.3 is 5.97 Å². The molecule has 3 saturated heterocycles. The van der Waals surface area contributed by atoms with Crippen molar-refractivity contribution >= 4 is 41.4 Å². The van der Waals surface area contributed by atoms with Gasteiger partial charge in [0.05, 0.1) is 0 Å². The van der Waals surface area contributed by atoms with Crippen LogP contribution < -0.4 is 16.0 Å². The molecule has 51 heavy (non-hydrogen) atoms. The molecule has 6 amide bonds. The van der Waals surface area contributed by atoms with Gasteiger partial charge in [0.15, 0.2) is 0 Å². The summed E-state index contributed by atoms with van der Waals surface area (Å²) in [5.74, 6) is -6.34. The molecule has 3 aliphatic heterocycles. The number of fused-ring (bicyclic) bond motifs is 2. The topological polar surface area (TPSA) is 175 Å². The maximum absolute atomic E-state index is 14.2. The Hall–Kier alpha value is -4.89. The zero-order valence-electron chi connectivity index (χ0n) is 28.9. The van der Waals surface area contributed by atoms with E-state index in [0.29, 0.717) is 18.9 Å². The van der Waals surface area contributed by atoms with Crippen LogP contribution in [0.3, 0.4) is 0 Å². The molecule has 6 atom stereocenters. The summed E-state index contributed by atoms with van der Waals surface area (Å²) in [6.07, 6.45) is 5.90. The van der Waals surface area contributed by atoms with Gasteiger partial charge in [-0.1, -0.05) is 6.08 Å². The van der Waals surface area contributed by atoms with Gasteiger partial charge in [0.25, 0.3) is 0 Å². The Morgan fingerprint density at radius 2 is 1.55 bits per heavy atom. The number of ether oxygens (including phenoxy) is 1. The molecule has 1 aliphatic carbocycles. The predicted octanol–water partition coefficient (Wildman–Crippen LogP) is 0.334. The summed E-state index contributed by atoms with van der Waals surface area (Å²) in [7, 11) is 1.42. The first kappa shape index (κ1) is 37.4. The number of esters is 1. The molecule has 16 heteroatoms. The second-order valence-electron chi connectivity index (χ2n) is 13.7. The highest BCUT2D eigenvalue weighted by atomic mass is 19.1. The molecule has 0 bridgehead atoms. The van der Waals surface area contributed by atoms with Gasteiger partial charge in [0.1, 0.15) is 54.5 Å². The minimum Gasteiger partial charge on any atom is -0.461 e. The lowest BCUT2D eigenvalue weighted by atomic mass is 10.0. The Morgan fingerprint density at radius 3 is 2.20 bits per heavy atom. The first-order chi connectivity index (χ1) is 24.2. The molecule has 276 valence electrons. The third-order valence-corrected chi connectivity index (χ3v) is 9.81. The number of rotatable bonds is 7. The van der Waals surface area contributed by atoms with Crippen LogP contribution in [0.25, 0.3) is 0 Å². The van der Waals surface area contributed by atoms with E-state index in [1.165, 1.54) is 41.7 Å². The number of nitrogens with one attached hydrogen (secondary N) is 3. The van der Waals surface area contributed by atoms with Crippen LogP contribution in [0.5, 0.6) is 0 Å². The van der Waals surface area contributed by atoms with Crippen LogP contribution in [0.4, 0.5) is 8.78 Å². The van der Waals surface area contributed by atoms with Crippen LogP contribution in [0.2, 0.25) is 0 Å². The average Bonchev–Trinajstić information content (AvgIpc) is 3.55. The third-order valence-electron chi connectivity index (χ3n) is 9.81. The maximum Gasteiger partial charge on any atom is 0.328 e. The van der Waals surface area contributed by atoms with Gasteiger partial charge in [-0.25, -0.2) is 13.6 Å². The fourth-order valence-corrected chi connectivity index (χ4v) is 6.62. The van der Waals surface area contributed by atoms with E-state index >= 15 is 0 Å². The molecular weight excluding hydrogens is 670 g/mol. The minimum atomic E-state index is -1.55. The highest BCUT2D eigenvalue weighted by molar-refractivity contribution is 5.98. The largest absolute Gasteiger partial charge is 0.461 e. The normalized spacial score (nSPS) is 27.2. The van der Waals surface area contributed by atoms with Gasteiger partial charge in [0.2, 0.25) is 35.4 Å². The second kappa shape index (κ2) is 16.0. The van der Waals surface area contributed by atoms with E-state index in [2.05, 4.69) is 16.0 Å². The molecule has 4 aliphatic rings. The summed E-state index contributed by atoms with van der Waals surface area (Å²) in [4.78, 5) is 98.2. The number of hydrogen-bond donors (Lipinski definition) is 3. The fourth-order valence-electron chi connectivity index (χ4n) is 6.62. The Labute approximate surface area is 294 Å². The molecule has 0 unspecified atom stereocenters. The number of carbonyl (C=O) groups excluding carboxylic acids is 7. The van der Waals surface area contributed by atoms with Crippen LogP contribution in [0.15, 0.2) is 30.4 Å². The molecule has 3 N–H and O–H groups in total. The van der Waals surface area contributed by atoms with E-state index in [0.717, 1.165) is 25.0 Å². The molecule has 1 aromatic rings. The van der Waals surface area contributed by atoms with E-state index in [-0.39, 0.29) is 43.8 Å². The zero-order valence-corrected chi connectivity index (χ0v) is 28.9. The minimum absolute atomic E-state index is 0.0569. The van der Waals surface area contributed by atoms with Crippen LogP contribution in [0, 0.1) is 17.6 Å². The maximum atomic E-state index is 14.2. The monoisotopic (exact) mass is 714 g/mol. The molecular formula is C35H44F2N6O8. The standard InChI is InChI=1S/C35H44F2N6O8/c1-19-32(47)43-13-5-7-28(43)35(50)51-18-26(33(48)42-12-4-6-27(42)34(49)41(3)20(2)30(45)38-19)40-31(46)25(39-29(44)11-10-21-8-9-21)16-22-14-23(36)17-24(37)15-22/h10-11,14-15,17,19-21,25-28H,4-9,12-13,16,18H2,1-3H3,(H,38,45)(H,39,44)(H,40,46)/b11-10+/t19-,20-,25-,26-,27-,28-/m0/s1. The number of hydrogen-bond acceptors (Lipinski definition) is 8. The van der Waals surface area contributed by atoms with Crippen molar-refractivity contribution in [2.24, 2.45) is 5.92 Å². The lowest BCUT2D eigenvalue weighted by Crippen LogP contribution is -2.60. The lowest BCUT2D eigenvalue weighted by molar-refractivity contribution is -0.158. The highest BCUT2D eigenvalue weighted by Gasteiger charge is 2.43.